The molecule has 90 valence electrons. The summed E-state index contributed by atoms with van der Waals surface area (Å²) in [6, 6.07) is 8.12. The second-order valence-electron chi connectivity index (χ2n) is 3.84. The first-order chi connectivity index (χ1) is 8.29. The highest BCUT2D eigenvalue weighted by molar-refractivity contribution is 7.09. The molecule has 0 aliphatic carbocycles. The van der Waals surface area contributed by atoms with Gasteiger partial charge in [0.1, 0.15) is 0 Å². The Bertz CT molecular complexity index is 438. The third-order valence-electron chi connectivity index (χ3n) is 2.58. The van der Waals surface area contributed by atoms with Gasteiger partial charge in [0.25, 0.3) is 0 Å². The molecular formula is C12H16N4S. The van der Waals surface area contributed by atoms with Crippen LogP contribution in [0.3, 0.4) is 0 Å². The molecule has 0 saturated carbocycles. The molecule has 0 amide bonds. The van der Waals surface area contributed by atoms with Gasteiger partial charge in [-0.05, 0) is 30.0 Å². The van der Waals surface area contributed by atoms with Crippen molar-refractivity contribution in [2.45, 2.75) is 13.0 Å². The number of aromatic nitrogens is 2. The molecular weight excluding hydrogens is 232 g/mol. The monoisotopic (exact) mass is 248 g/mol. The molecule has 0 unspecified atom stereocenters. The minimum Gasteiger partial charge on any atom is -0.358 e. The topological polar surface area (TPSA) is 55.0 Å². The Morgan fingerprint density at radius 3 is 2.76 bits per heavy atom. The summed E-state index contributed by atoms with van der Waals surface area (Å²) >= 11 is 1.79. The lowest BCUT2D eigenvalue weighted by molar-refractivity contribution is 0.825. The van der Waals surface area contributed by atoms with Gasteiger partial charge < -0.3 is 10.6 Å². The smallest absolute Gasteiger partial charge is 0.150 e. The van der Waals surface area contributed by atoms with Gasteiger partial charge in [-0.1, -0.05) is 6.07 Å². The normalized spacial score (nSPS) is 10.5. The zero-order valence-electron chi connectivity index (χ0n) is 9.84. The van der Waals surface area contributed by atoms with Gasteiger partial charge in [-0.25, -0.2) is 0 Å². The van der Waals surface area contributed by atoms with Gasteiger partial charge in [0.2, 0.25) is 0 Å². The first-order valence-corrected chi connectivity index (χ1v) is 6.44. The van der Waals surface area contributed by atoms with Crippen LogP contribution < -0.4 is 10.6 Å². The van der Waals surface area contributed by atoms with E-state index in [-0.39, 0.29) is 0 Å². The summed E-state index contributed by atoms with van der Waals surface area (Å²) in [6.45, 7) is 1.38. The maximum absolute atomic E-state index is 5.48. The van der Waals surface area contributed by atoms with Crippen LogP contribution in [0, 0.1) is 0 Å². The summed E-state index contributed by atoms with van der Waals surface area (Å²) in [7, 11) is 2.03. The van der Waals surface area contributed by atoms with Crippen LogP contribution in [0.15, 0.2) is 29.6 Å². The first-order valence-electron chi connectivity index (χ1n) is 5.56. The fourth-order valence-electron chi connectivity index (χ4n) is 1.51. The van der Waals surface area contributed by atoms with Crippen molar-refractivity contribution >= 4 is 17.2 Å². The van der Waals surface area contributed by atoms with E-state index in [1.807, 2.05) is 19.2 Å². The van der Waals surface area contributed by atoms with E-state index in [0.29, 0.717) is 6.54 Å². The Balaban J connectivity index is 1.92. The molecule has 4 nitrogen and oxygen atoms in total. The molecule has 0 fully saturated rings. The Kier molecular flexibility index (Phi) is 4.06. The lowest BCUT2D eigenvalue weighted by atomic mass is 10.3. The maximum atomic E-state index is 5.48. The number of hydrogen-bond acceptors (Lipinski definition) is 5. The highest BCUT2D eigenvalue weighted by Crippen LogP contribution is 2.12. The number of anilines is 1. The Morgan fingerprint density at radius 2 is 2.18 bits per heavy atom. The summed E-state index contributed by atoms with van der Waals surface area (Å²) in [4.78, 5) is 3.50. The van der Waals surface area contributed by atoms with Crippen LogP contribution in [0.4, 0.5) is 5.82 Å². The van der Waals surface area contributed by atoms with Crippen molar-refractivity contribution in [1.29, 1.82) is 0 Å². The van der Waals surface area contributed by atoms with E-state index < -0.39 is 0 Å². The molecule has 0 atom stereocenters. The predicted octanol–water partition coefficient (Wildman–Crippen LogP) is 1.68. The molecule has 0 radical (unpaired) electrons. The summed E-state index contributed by atoms with van der Waals surface area (Å²) in [6.07, 6.45) is 1.04. The second kappa shape index (κ2) is 5.75. The quantitative estimate of drug-likeness (QED) is 0.874. The average Bonchev–Trinajstić information content (AvgIpc) is 2.89. The molecule has 2 N–H and O–H groups in total. The fraction of sp³-hybridized carbons (Fsp3) is 0.333. The van der Waals surface area contributed by atoms with E-state index in [1.54, 1.807) is 11.3 Å². The predicted molar refractivity (Wildman–Crippen MR) is 71.2 cm³/mol. The van der Waals surface area contributed by atoms with Crippen LogP contribution in [-0.2, 0) is 13.0 Å². The zero-order valence-corrected chi connectivity index (χ0v) is 10.7. The highest BCUT2D eigenvalue weighted by Gasteiger charge is 2.04. The number of nitrogens with two attached hydrogens (primary N) is 1. The first kappa shape index (κ1) is 12.0. The van der Waals surface area contributed by atoms with Crippen LogP contribution in [0.5, 0.6) is 0 Å². The van der Waals surface area contributed by atoms with Crippen LogP contribution in [0.2, 0.25) is 0 Å². The van der Waals surface area contributed by atoms with Crippen LogP contribution in [0.25, 0.3) is 0 Å². The maximum Gasteiger partial charge on any atom is 0.150 e. The van der Waals surface area contributed by atoms with Gasteiger partial charge in [0.15, 0.2) is 5.82 Å². The molecule has 0 aromatic carbocycles. The molecule has 2 aromatic heterocycles. The van der Waals surface area contributed by atoms with Crippen molar-refractivity contribution in [3.63, 3.8) is 0 Å². The van der Waals surface area contributed by atoms with E-state index in [0.717, 1.165) is 24.5 Å². The number of likely N-dealkylation sites (N-methyl/N-ethyl adjacent to an activating group) is 1. The summed E-state index contributed by atoms with van der Waals surface area (Å²) < 4.78 is 0. The summed E-state index contributed by atoms with van der Waals surface area (Å²) in [5.74, 6) is 0.888. The van der Waals surface area contributed by atoms with E-state index >= 15 is 0 Å². The lowest BCUT2D eigenvalue weighted by Crippen LogP contribution is -2.21. The molecule has 2 heterocycles. The van der Waals surface area contributed by atoms with E-state index in [2.05, 4.69) is 32.6 Å². The molecule has 0 bridgehead atoms. The number of rotatable bonds is 5. The molecule has 0 aliphatic rings. The van der Waals surface area contributed by atoms with Gasteiger partial charge in [-0.3, -0.25) is 0 Å². The van der Waals surface area contributed by atoms with Crippen molar-refractivity contribution in [3.8, 4) is 0 Å². The lowest BCUT2D eigenvalue weighted by Gasteiger charge is -2.16. The van der Waals surface area contributed by atoms with E-state index in [9.17, 15) is 0 Å². The SMILES string of the molecule is CN(CCc1cccs1)c1ccc(CN)nn1. The van der Waals surface area contributed by atoms with Gasteiger partial charge in [0, 0.05) is 25.0 Å². The Labute approximate surface area is 105 Å². The fourth-order valence-corrected chi connectivity index (χ4v) is 2.21. The molecule has 5 heteroatoms. The minimum atomic E-state index is 0.437. The molecule has 0 spiro atoms. The van der Waals surface area contributed by atoms with Gasteiger partial charge in [-0.15, -0.1) is 16.4 Å². The Morgan fingerprint density at radius 1 is 1.29 bits per heavy atom. The van der Waals surface area contributed by atoms with Gasteiger partial charge >= 0.3 is 0 Å². The molecule has 17 heavy (non-hydrogen) atoms. The number of nitrogens with zero attached hydrogens (tertiary/aromatic N) is 3. The number of hydrogen-bond donors (Lipinski definition) is 1. The van der Waals surface area contributed by atoms with Crippen molar-refractivity contribution in [2.24, 2.45) is 5.73 Å². The largest absolute Gasteiger partial charge is 0.358 e. The van der Waals surface area contributed by atoms with E-state index in [1.165, 1.54) is 4.88 Å². The zero-order chi connectivity index (χ0) is 12.1. The van der Waals surface area contributed by atoms with Crippen molar-refractivity contribution in [3.05, 3.63) is 40.2 Å². The molecule has 0 aliphatic heterocycles. The second-order valence-corrected chi connectivity index (χ2v) is 4.87. The van der Waals surface area contributed by atoms with Gasteiger partial charge in [-0.2, -0.15) is 5.10 Å². The Hall–Kier alpha value is -1.46. The third-order valence-corrected chi connectivity index (χ3v) is 3.52. The van der Waals surface area contributed by atoms with Crippen molar-refractivity contribution < 1.29 is 0 Å². The van der Waals surface area contributed by atoms with Crippen LogP contribution in [-0.4, -0.2) is 23.8 Å². The number of thiophene rings is 1. The van der Waals surface area contributed by atoms with E-state index in [4.69, 9.17) is 5.73 Å². The standard InChI is InChI=1S/C12H16N4S/c1-16(7-6-11-3-2-8-17-11)12-5-4-10(9-13)14-15-12/h2-5,8H,6-7,9,13H2,1H3. The van der Waals surface area contributed by atoms with Crippen molar-refractivity contribution in [1.82, 2.24) is 10.2 Å². The molecule has 0 saturated heterocycles. The molecule has 2 aromatic rings. The van der Waals surface area contributed by atoms with Gasteiger partial charge in [0.05, 0.1) is 5.69 Å². The summed E-state index contributed by atoms with van der Waals surface area (Å²) in [5, 5.41) is 10.3. The average molecular weight is 248 g/mol. The highest BCUT2D eigenvalue weighted by atomic mass is 32.1. The molecule has 2 rings (SSSR count). The minimum absolute atomic E-state index is 0.437. The van der Waals surface area contributed by atoms with Crippen molar-refractivity contribution in [2.75, 3.05) is 18.5 Å². The van der Waals surface area contributed by atoms with Crippen LogP contribution in [0.1, 0.15) is 10.6 Å². The van der Waals surface area contributed by atoms with Crippen LogP contribution >= 0.6 is 11.3 Å². The third kappa shape index (κ3) is 3.25. The summed E-state index contributed by atoms with van der Waals surface area (Å²) in [5.41, 5.74) is 6.30.